The van der Waals surface area contributed by atoms with Crippen molar-refractivity contribution in [3.8, 4) is 0 Å². The van der Waals surface area contributed by atoms with E-state index in [4.69, 9.17) is 4.99 Å². The van der Waals surface area contributed by atoms with Gasteiger partial charge in [-0.3, -0.25) is 4.79 Å². The number of amidine groups is 1. The molecule has 1 aliphatic rings. The Bertz CT molecular complexity index is 1000. The number of halogens is 1. The monoisotopic (exact) mass is 436 g/mol. The first kappa shape index (κ1) is 18.0. The largest absolute Gasteiger partial charge is 0.335 e. The van der Waals surface area contributed by atoms with Gasteiger partial charge in [0.1, 0.15) is 0 Å². The fraction of sp³-hybridized carbons (Fsp3) is 0.0909. The van der Waals surface area contributed by atoms with Crippen LogP contribution in [0.4, 0.5) is 11.4 Å². The topological polar surface area (TPSA) is 41.5 Å². The lowest BCUT2D eigenvalue weighted by Crippen LogP contribution is -2.16. The summed E-state index contributed by atoms with van der Waals surface area (Å²) in [4.78, 5) is 17.6. The number of Topliss-reactive ketones (excluding diaryl/α,β-unsaturated/α-hetero) is 1. The minimum Gasteiger partial charge on any atom is -0.335 e. The number of carbonyl (C=O) groups is 1. The Kier molecular flexibility index (Phi) is 5.41. The molecule has 0 aromatic heterocycles. The van der Waals surface area contributed by atoms with Gasteiger partial charge in [-0.05, 0) is 35.9 Å². The van der Waals surface area contributed by atoms with Crippen molar-refractivity contribution < 1.29 is 4.79 Å². The number of nitrogens with zero attached hydrogens (tertiary/aromatic N) is 1. The number of benzene rings is 3. The van der Waals surface area contributed by atoms with E-state index in [0.29, 0.717) is 6.42 Å². The Morgan fingerprint density at radius 2 is 1.78 bits per heavy atom. The molecule has 0 saturated heterocycles. The average molecular weight is 437 g/mol. The predicted octanol–water partition coefficient (Wildman–Crippen LogP) is 6.61. The van der Waals surface area contributed by atoms with Crippen LogP contribution in [-0.2, 0) is 0 Å². The smallest absolute Gasteiger partial charge is 0.166 e. The van der Waals surface area contributed by atoms with Crippen LogP contribution in [0.2, 0.25) is 0 Å². The van der Waals surface area contributed by atoms with Gasteiger partial charge in [-0.15, -0.1) is 0 Å². The number of rotatable bonds is 4. The van der Waals surface area contributed by atoms with Crippen molar-refractivity contribution in [2.24, 2.45) is 4.99 Å². The van der Waals surface area contributed by atoms with Crippen LogP contribution in [-0.4, -0.2) is 11.0 Å². The first-order valence-electron chi connectivity index (χ1n) is 8.64. The van der Waals surface area contributed by atoms with Crippen LogP contribution in [0.5, 0.6) is 0 Å². The SMILES string of the molecule is O=C(CC1SC(Nc2ccccc2)=Nc2ccccc21)c1cccc(Br)c1. The minimum atomic E-state index is 0.0244. The molecule has 3 aromatic rings. The molecular formula is C22H17BrN2OS. The molecule has 1 heterocycles. The van der Waals surface area contributed by atoms with Gasteiger partial charge in [-0.1, -0.05) is 76.2 Å². The van der Waals surface area contributed by atoms with Crippen LogP contribution >= 0.6 is 27.7 Å². The molecule has 5 heteroatoms. The predicted molar refractivity (Wildman–Crippen MR) is 117 cm³/mol. The third kappa shape index (κ3) is 4.31. The van der Waals surface area contributed by atoms with Crippen molar-refractivity contribution >= 4 is 50.0 Å². The maximum Gasteiger partial charge on any atom is 0.166 e. The number of thioether (sulfide) groups is 1. The molecule has 0 radical (unpaired) electrons. The Labute approximate surface area is 171 Å². The zero-order valence-corrected chi connectivity index (χ0v) is 16.8. The Balaban J connectivity index is 1.59. The summed E-state index contributed by atoms with van der Waals surface area (Å²) in [5.74, 6) is 0.129. The average Bonchev–Trinajstić information content (AvgIpc) is 2.69. The minimum absolute atomic E-state index is 0.0244. The van der Waals surface area contributed by atoms with Crippen LogP contribution in [0.1, 0.15) is 27.6 Å². The van der Waals surface area contributed by atoms with E-state index in [-0.39, 0.29) is 11.0 Å². The molecule has 0 fully saturated rings. The number of para-hydroxylation sites is 2. The molecule has 1 aliphatic heterocycles. The van der Waals surface area contributed by atoms with Crippen LogP contribution < -0.4 is 5.32 Å². The Morgan fingerprint density at radius 1 is 1.00 bits per heavy atom. The van der Waals surface area contributed by atoms with Crippen molar-refractivity contribution in [3.63, 3.8) is 0 Å². The summed E-state index contributed by atoms with van der Waals surface area (Å²) in [5, 5.41) is 4.20. The molecule has 1 unspecified atom stereocenters. The molecule has 0 bridgehead atoms. The highest BCUT2D eigenvalue weighted by Crippen LogP contribution is 2.43. The third-order valence-electron chi connectivity index (χ3n) is 4.30. The second-order valence-corrected chi connectivity index (χ2v) is 8.32. The maximum absolute atomic E-state index is 12.8. The molecular weight excluding hydrogens is 420 g/mol. The number of anilines is 1. The second kappa shape index (κ2) is 8.11. The lowest BCUT2D eigenvalue weighted by atomic mass is 10.0. The highest BCUT2D eigenvalue weighted by atomic mass is 79.9. The van der Waals surface area contributed by atoms with Gasteiger partial charge in [0.2, 0.25) is 0 Å². The van der Waals surface area contributed by atoms with Gasteiger partial charge in [0.05, 0.1) is 5.69 Å². The van der Waals surface area contributed by atoms with E-state index in [0.717, 1.165) is 32.1 Å². The number of hydrogen-bond acceptors (Lipinski definition) is 4. The van der Waals surface area contributed by atoms with E-state index >= 15 is 0 Å². The van der Waals surface area contributed by atoms with Crippen molar-refractivity contribution in [1.82, 2.24) is 0 Å². The zero-order valence-electron chi connectivity index (χ0n) is 14.4. The summed E-state index contributed by atoms with van der Waals surface area (Å²) in [7, 11) is 0. The molecule has 3 nitrogen and oxygen atoms in total. The van der Waals surface area contributed by atoms with Gasteiger partial charge in [0.25, 0.3) is 0 Å². The van der Waals surface area contributed by atoms with Gasteiger partial charge in [0.15, 0.2) is 11.0 Å². The fourth-order valence-corrected chi connectivity index (χ4v) is 4.56. The normalized spacial score (nSPS) is 15.6. The number of carbonyl (C=O) groups excluding carboxylic acids is 1. The second-order valence-electron chi connectivity index (χ2n) is 6.21. The number of hydrogen-bond donors (Lipinski definition) is 1. The van der Waals surface area contributed by atoms with Gasteiger partial charge in [0, 0.05) is 27.4 Å². The lowest BCUT2D eigenvalue weighted by Gasteiger charge is -2.24. The summed E-state index contributed by atoms with van der Waals surface area (Å²) < 4.78 is 0.915. The molecule has 134 valence electrons. The third-order valence-corrected chi connectivity index (χ3v) is 5.92. The van der Waals surface area contributed by atoms with Crippen molar-refractivity contribution in [2.75, 3.05) is 5.32 Å². The number of aliphatic imine (C=N–C) groups is 1. The summed E-state index contributed by atoms with van der Waals surface area (Å²) in [6.07, 6.45) is 0.424. The number of ketones is 1. The fourth-order valence-electron chi connectivity index (χ4n) is 3.00. The summed E-state index contributed by atoms with van der Waals surface area (Å²) in [5.41, 5.74) is 3.73. The number of nitrogens with one attached hydrogen (secondary N) is 1. The molecule has 1 atom stereocenters. The van der Waals surface area contributed by atoms with Crippen molar-refractivity contribution in [2.45, 2.75) is 11.7 Å². The Morgan fingerprint density at radius 3 is 2.59 bits per heavy atom. The maximum atomic E-state index is 12.8. The molecule has 0 spiro atoms. The summed E-state index contributed by atoms with van der Waals surface area (Å²) in [6, 6.07) is 25.6. The van der Waals surface area contributed by atoms with E-state index in [1.807, 2.05) is 72.8 Å². The summed E-state index contributed by atoms with van der Waals surface area (Å²) in [6.45, 7) is 0. The highest BCUT2D eigenvalue weighted by Gasteiger charge is 2.26. The molecule has 0 aliphatic carbocycles. The van der Waals surface area contributed by atoms with E-state index in [1.165, 1.54) is 0 Å². The highest BCUT2D eigenvalue weighted by molar-refractivity contribution is 9.10. The number of fused-ring (bicyclic) bond motifs is 1. The molecule has 27 heavy (non-hydrogen) atoms. The van der Waals surface area contributed by atoms with Crippen molar-refractivity contribution in [3.05, 3.63) is 94.5 Å². The van der Waals surface area contributed by atoms with E-state index in [1.54, 1.807) is 11.8 Å². The molecule has 1 N–H and O–H groups in total. The van der Waals surface area contributed by atoms with Gasteiger partial charge in [-0.25, -0.2) is 4.99 Å². The lowest BCUT2D eigenvalue weighted by molar-refractivity contribution is 0.0982. The first-order valence-corrected chi connectivity index (χ1v) is 10.3. The van der Waals surface area contributed by atoms with E-state index in [9.17, 15) is 4.79 Å². The van der Waals surface area contributed by atoms with Gasteiger partial charge < -0.3 is 5.32 Å². The summed E-state index contributed by atoms with van der Waals surface area (Å²) >= 11 is 5.04. The van der Waals surface area contributed by atoms with Crippen LogP contribution in [0, 0.1) is 0 Å². The van der Waals surface area contributed by atoms with Gasteiger partial charge in [-0.2, -0.15) is 0 Å². The van der Waals surface area contributed by atoms with Crippen LogP contribution in [0.3, 0.4) is 0 Å². The molecule has 0 amide bonds. The van der Waals surface area contributed by atoms with E-state index < -0.39 is 0 Å². The standard InChI is InChI=1S/C22H17BrN2OS/c23-16-8-6-7-15(13-16)20(26)14-21-18-11-4-5-12-19(18)25-22(27-21)24-17-9-2-1-3-10-17/h1-13,21H,14H2,(H,24,25). The molecule has 3 aromatic carbocycles. The molecule has 0 saturated carbocycles. The van der Waals surface area contributed by atoms with Gasteiger partial charge >= 0.3 is 0 Å². The first-order chi connectivity index (χ1) is 13.2. The van der Waals surface area contributed by atoms with Crippen molar-refractivity contribution in [1.29, 1.82) is 0 Å². The van der Waals surface area contributed by atoms with E-state index in [2.05, 4.69) is 27.3 Å². The van der Waals surface area contributed by atoms with Crippen LogP contribution in [0.15, 0.2) is 88.3 Å². The zero-order chi connectivity index (χ0) is 18.6. The molecule has 4 rings (SSSR count). The van der Waals surface area contributed by atoms with Crippen LogP contribution in [0.25, 0.3) is 0 Å². The quantitative estimate of drug-likeness (QED) is 0.467. The Hall–Kier alpha value is -2.37.